The van der Waals surface area contributed by atoms with Crippen molar-refractivity contribution in [2.45, 2.75) is 20.3 Å². The molecule has 1 aromatic heterocycles. The topological polar surface area (TPSA) is 60.5 Å². The highest BCUT2D eigenvalue weighted by Crippen LogP contribution is 2.27. The molecule has 0 atom stereocenters. The van der Waals surface area contributed by atoms with Crippen LogP contribution in [0.2, 0.25) is 0 Å². The van der Waals surface area contributed by atoms with Gasteiger partial charge in [-0.25, -0.2) is 9.37 Å². The maximum atomic E-state index is 13.7. The first-order chi connectivity index (χ1) is 13.1. The van der Waals surface area contributed by atoms with Crippen LogP contribution in [-0.4, -0.2) is 24.0 Å². The van der Waals surface area contributed by atoms with Gasteiger partial charge in [0, 0.05) is 31.8 Å². The van der Waals surface area contributed by atoms with Crippen LogP contribution < -0.4 is 14.8 Å². The first-order valence-electron chi connectivity index (χ1n) is 8.39. The van der Waals surface area contributed by atoms with E-state index in [1.807, 2.05) is 25.1 Å². The molecule has 6 heteroatoms. The number of benzene rings is 1. The zero-order chi connectivity index (χ0) is 20.1. The lowest BCUT2D eigenvalue weighted by Crippen LogP contribution is -2.19. The van der Waals surface area contributed by atoms with Crippen molar-refractivity contribution >= 4 is 12.0 Å². The Bertz CT molecular complexity index is 771. The predicted octanol–water partition coefficient (Wildman–Crippen LogP) is 4.20. The standard InChI is InChI=1S/C19H21FN2O3.C2H2/c1-3-11-24-18-12-16(7-8-17(18)20)25-19-9-6-15(13-22-19)5-4-10-21-14(2)23;1-2/h4-9,12-13H,3,10-11H2,1-2H3,(H,21,23);1-2H/b5-4+;. The second-order valence-corrected chi connectivity index (χ2v) is 5.31. The third-order valence-electron chi connectivity index (χ3n) is 3.13. The van der Waals surface area contributed by atoms with E-state index in [9.17, 15) is 9.18 Å². The minimum atomic E-state index is -0.423. The number of hydrogen-bond donors (Lipinski definition) is 1. The van der Waals surface area contributed by atoms with Crippen LogP contribution >= 0.6 is 0 Å². The Morgan fingerprint density at radius 2 is 2.07 bits per heavy atom. The number of ether oxygens (including phenoxy) is 2. The first kappa shape index (κ1) is 21.7. The zero-order valence-corrected chi connectivity index (χ0v) is 15.4. The molecule has 1 aromatic carbocycles. The van der Waals surface area contributed by atoms with E-state index in [4.69, 9.17) is 9.47 Å². The molecular weight excluding hydrogens is 347 g/mol. The Morgan fingerprint density at radius 3 is 2.70 bits per heavy atom. The third-order valence-corrected chi connectivity index (χ3v) is 3.13. The van der Waals surface area contributed by atoms with Crippen LogP contribution in [-0.2, 0) is 4.79 Å². The Labute approximate surface area is 159 Å². The summed E-state index contributed by atoms with van der Waals surface area (Å²) in [5.74, 6) is 0.513. The number of nitrogens with zero attached hydrogens (tertiary/aromatic N) is 1. The molecule has 0 radical (unpaired) electrons. The van der Waals surface area contributed by atoms with E-state index in [0.29, 0.717) is 24.8 Å². The average Bonchev–Trinajstić information content (AvgIpc) is 2.68. The number of nitrogens with one attached hydrogen (secondary N) is 1. The fourth-order valence-electron chi connectivity index (χ4n) is 1.94. The molecule has 5 nitrogen and oxygen atoms in total. The second-order valence-electron chi connectivity index (χ2n) is 5.31. The van der Waals surface area contributed by atoms with Crippen molar-refractivity contribution in [1.29, 1.82) is 0 Å². The molecule has 1 heterocycles. The molecule has 0 unspecified atom stereocenters. The van der Waals surface area contributed by atoms with Crippen molar-refractivity contribution < 1.29 is 18.7 Å². The smallest absolute Gasteiger partial charge is 0.219 e. The van der Waals surface area contributed by atoms with Gasteiger partial charge in [0.2, 0.25) is 11.8 Å². The minimum absolute atomic E-state index is 0.0758. The third kappa shape index (κ3) is 8.06. The predicted molar refractivity (Wildman–Crippen MR) is 104 cm³/mol. The Balaban J connectivity index is 0.00000176. The van der Waals surface area contributed by atoms with Gasteiger partial charge in [-0.3, -0.25) is 4.79 Å². The van der Waals surface area contributed by atoms with Crippen LogP contribution in [0.1, 0.15) is 25.8 Å². The molecule has 1 amide bonds. The fourth-order valence-corrected chi connectivity index (χ4v) is 1.94. The molecule has 142 valence electrons. The maximum Gasteiger partial charge on any atom is 0.219 e. The van der Waals surface area contributed by atoms with Gasteiger partial charge in [0.1, 0.15) is 5.75 Å². The Morgan fingerprint density at radius 1 is 1.30 bits per heavy atom. The van der Waals surface area contributed by atoms with Gasteiger partial charge in [0.25, 0.3) is 0 Å². The summed E-state index contributed by atoms with van der Waals surface area (Å²) in [6, 6.07) is 7.89. The number of carbonyl (C=O) groups is 1. The molecule has 0 spiro atoms. The van der Waals surface area contributed by atoms with Crippen LogP contribution in [0.3, 0.4) is 0 Å². The summed E-state index contributed by atoms with van der Waals surface area (Å²) < 4.78 is 24.6. The van der Waals surface area contributed by atoms with Gasteiger partial charge in [-0.05, 0) is 30.2 Å². The van der Waals surface area contributed by atoms with E-state index < -0.39 is 5.82 Å². The van der Waals surface area contributed by atoms with E-state index in [0.717, 1.165) is 12.0 Å². The zero-order valence-electron chi connectivity index (χ0n) is 15.4. The van der Waals surface area contributed by atoms with Crippen molar-refractivity contribution in [2.24, 2.45) is 0 Å². The van der Waals surface area contributed by atoms with Gasteiger partial charge >= 0.3 is 0 Å². The van der Waals surface area contributed by atoms with Gasteiger partial charge in [0.05, 0.1) is 6.61 Å². The quantitative estimate of drug-likeness (QED) is 0.708. The number of pyridine rings is 1. The number of aromatic nitrogens is 1. The molecule has 0 aliphatic rings. The molecular formula is C21H23FN2O3. The van der Waals surface area contributed by atoms with Gasteiger partial charge < -0.3 is 14.8 Å². The molecule has 0 aliphatic heterocycles. The van der Waals surface area contributed by atoms with Gasteiger partial charge in [0.15, 0.2) is 11.6 Å². The fraction of sp³-hybridized carbons (Fsp3) is 0.238. The molecule has 0 bridgehead atoms. The normalized spacial score (nSPS) is 9.96. The first-order valence-corrected chi connectivity index (χ1v) is 8.39. The van der Waals surface area contributed by atoms with E-state index in [1.165, 1.54) is 25.1 Å². The van der Waals surface area contributed by atoms with Gasteiger partial charge in [-0.2, -0.15) is 0 Å². The van der Waals surface area contributed by atoms with Crippen molar-refractivity contribution in [3.63, 3.8) is 0 Å². The Hall–Kier alpha value is -3.33. The molecule has 0 saturated heterocycles. The van der Waals surface area contributed by atoms with Gasteiger partial charge in [-0.15, -0.1) is 12.8 Å². The summed E-state index contributed by atoms with van der Waals surface area (Å²) in [5, 5.41) is 2.67. The van der Waals surface area contributed by atoms with Crippen molar-refractivity contribution in [3.8, 4) is 30.2 Å². The van der Waals surface area contributed by atoms with Crippen LogP contribution in [0.5, 0.6) is 17.4 Å². The van der Waals surface area contributed by atoms with E-state index in [1.54, 1.807) is 12.3 Å². The van der Waals surface area contributed by atoms with Gasteiger partial charge in [-0.1, -0.05) is 19.1 Å². The lowest BCUT2D eigenvalue weighted by molar-refractivity contribution is -0.118. The summed E-state index contributed by atoms with van der Waals surface area (Å²) in [5.41, 5.74) is 0.878. The summed E-state index contributed by atoms with van der Waals surface area (Å²) in [7, 11) is 0. The molecule has 2 rings (SSSR count). The average molecular weight is 370 g/mol. The summed E-state index contributed by atoms with van der Waals surface area (Å²) in [4.78, 5) is 15.0. The number of carbonyl (C=O) groups excluding carboxylic acids is 1. The lowest BCUT2D eigenvalue weighted by atomic mass is 10.2. The molecule has 0 aliphatic carbocycles. The largest absolute Gasteiger partial charge is 0.490 e. The summed E-state index contributed by atoms with van der Waals surface area (Å²) >= 11 is 0. The molecule has 2 aromatic rings. The lowest BCUT2D eigenvalue weighted by Gasteiger charge is -2.09. The van der Waals surface area contributed by atoms with Crippen molar-refractivity contribution in [1.82, 2.24) is 10.3 Å². The van der Waals surface area contributed by atoms with Crippen LogP contribution in [0.25, 0.3) is 6.08 Å². The highest BCUT2D eigenvalue weighted by molar-refractivity contribution is 5.73. The molecule has 0 saturated carbocycles. The number of terminal acetylenes is 1. The van der Waals surface area contributed by atoms with Crippen LogP contribution in [0.15, 0.2) is 42.6 Å². The number of hydrogen-bond acceptors (Lipinski definition) is 4. The monoisotopic (exact) mass is 370 g/mol. The SMILES string of the molecule is C#C.CCCOc1cc(Oc2ccc(/C=C/CNC(C)=O)cn2)ccc1F. The van der Waals surface area contributed by atoms with E-state index >= 15 is 0 Å². The Kier molecular flexibility index (Phi) is 9.72. The van der Waals surface area contributed by atoms with Crippen LogP contribution in [0.4, 0.5) is 4.39 Å². The van der Waals surface area contributed by atoms with Crippen molar-refractivity contribution in [3.05, 3.63) is 54.0 Å². The van der Waals surface area contributed by atoms with Crippen LogP contribution in [0, 0.1) is 18.7 Å². The molecule has 27 heavy (non-hydrogen) atoms. The van der Waals surface area contributed by atoms with E-state index in [2.05, 4.69) is 23.1 Å². The molecule has 0 fully saturated rings. The summed E-state index contributed by atoms with van der Waals surface area (Å²) in [6.45, 7) is 4.33. The molecule has 1 N–H and O–H groups in total. The highest BCUT2D eigenvalue weighted by atomic mass is 19.1. The second kappa shape index (κ2) is 12.1. The number of halogens is 1. The summed E-state index contributed by atoms with van der Waals surface area (Å²) in [6.07, 6.45) is 14.1. The minimum Gasteiger partial charge on any atom is -0.490 e. The maximum absolute atomic E-state index is 13.7. The number of amides is 1. The van der Waals surface area contributed by atoms with E-state index in [-0.39, 0.29) is 11.7 Å². The van der Waals surface area contributed by atoms with Crippen molar-refractivity contribution in [2.75, 3.05) is 13.2 Å². The highest BCUT2D eigenvalue weighted by Gasteiger charge is 2.07. The number of rotatable bonds is 8.